The molecule has 3 heterocycles. The van der Waals surface area contributed by atoms with E-state index in [2.05, 4.69) is 51.9 Å². The summed E-state index contributed by atoms with van der Waals surface area (Å²) in [6.45, 7) is 9.75. The zero-order chi connectivity index (χ0) is 18.9. The Morgan fingerprint density at radius 1 is 1.18 bits per heavy atom. The van der Waals surface area contributed by atoms with E-state index in [9.17, 15) is 0 Å². The lowest BCUT2D eigenvalue weighted by Gasteiger charge is -2.38. The maximum absolute atomic E-state index is 4.97. The number of guanidine groups is 1. The molecule has 1 aromatic rings. The molecule has 0 aliphatic carbocycles. The molecule has 28 heavy (non-hydrogen) atoms. The summed E-state index contributed by atoms with van der Waals surface area (Å²) >= 11 is 1.88. The van der Waals surface area contributed by atoms with Crippen molar-refractivity contribution in [2.45, 2.75) is 45.1 Å². The molecule has 2 saturated heterocycles. The minimum atomic E-state index is 0. The third-order valence-corrected chi connectivity index (χ3v) is 6.78. The molecule has 1 aromatic heterocycles. The second kappa shape index (κ2) is 13.0. The van der Waals surface area contributed by atoms with Crippen molar-refractivity contribution in [2.75, 3.05) is 52.9 Å². The fraction of sp³-hybridized carbons (Fsp3) is 0.762. The van der Waals surface area contributed by atoms with Gasteiger partial charge < -0.3 is 15.5 Å². The van der Waals surface area contributed by atoms with E-state index in [4.69, 9.17) is 4.99 Å². The van der Waals surface area contributed by atoms with Crippen LogP contribution in [0.4, 0.5) is 0 Å². The van der Waals surface area contributed by atoms with Gasteiger partial charge in [0.25, 0.3) is 0 Å². The van der Waals surface area contributed by atoms with E-state index in [0.717, 1.165) is 32.1 Å². The Morgan fingerprint density at radius 3 is 2.71 bits per heavy atom. The molecule has 0 bridgehead atoms. The Balaban J connectivity index is 0.00000280. The molecule has 0 saturated carbocycles. The Hall–Kier alpha value is -0.380. The van der Waals surface area contributed by atoms with Crippen LogP contribution >= 0.6 is 35.3 Å². The quantitative estimate of drug-likeness (QED) is 0.327. The maximum Gasteiger partial charge on any atom is 0.191 e. The number of halogens is 1. The summed E-state index contributed by atoms with van der Waals surface area (Å²) in [6.07, 6.45) is 6.65. The van der Waals surface area contributed by atoms with Gasteiger partial charge in [-0.25, -0.2) is 0 Å². The van der Waals surface area contributed by atoms with Gasteiger partial charge in [0, 0.05) is 37.1 Å². The van der Waals surface area contributed by atoms with Crippen molar-refractivity contribution in [3.8, 4) is 0 Å². The van der Waals surface area contributed by atoms with E-state index in [1.54, 1.807) is 0 Å². The van der Waals surface area contributed by atoms with Gasteiger partial charge in [0.15, 0.2) is 5.96 Å². The Kier molecular flexibility index (Phi) is 11.1. The van der Waals surface area contributed by atoms with Crippen LogP contribution in [0, 0.1) is 5.92 Å². The minimum Gasteiger partial charge on any atom is -0.357 e. The third kappa shape index (κ3) is 7.15. The van der Waals surface area contributed by atoms with Gasteiger partial charge in [-0.2, -0.15) is 0 Å². The molecule has 7 heteroatoms. The fourth-order valence-electron chi connectivity index (χ4n) is 4.43. The first-order valence-corrected chi connectivity index (χ1v) is 11.6. The molecule has 2 atom stereocenters. The van der Waals surface area contributed by atoms with Gasteiger partial charge in [-0.15, -0.1) is 35.3 Å². The van der Waals surface area contributed by atoms with Crippen molar-refractivity contribution in [1.29, 1.82) is 0 Å². The van der Waals surface area contributed by atoms with Crippen LogP contribution < -0.4 is 10.6 Å². The van der Waals surface area contributed by atoms with Crippen molar-refractivity contribution in [1.82, 2.24) is 20.4 Å². The predicted octanol–water partition coefficient (Wildman–Crippen LogP) is 3.79. The first-order chi connectivity index (χ1) is 13.3. The molecule has 5 nitrogen and oxygen atoms in total. The highest BCUT2D eigenvalue weighted by Crippen LogP contribution is 2.37. The largest absolute Gasteiger partial charge is 0.357 e. The van der Waals surface area contributed by atoms with Crippen molar-refractivity contribution >= 4 is 41.3 Å². The number of rotatable bonds is 7. The van der Waals surface area contributed by atoms with Gasteiger partial charge >= 0.3 is 0 Å². The average Bonchev–Trinajstić information content (AvgIpc) is 3.21. The van der Waals surface area contributed by atoms with E-state index >= 15 is 0 Å². The predicted molar refractivity (Wildman–Crippen MR) is 132 cm³/mol. The number of nitrogens with zero attached hydrogens (tertiary/aromatic N) is 3. The highest BCUT2D eigenvalue weighted by atomic mass is 127. The second-order valence-corrected chi connectivity index (χ2v) is 8.87. The zero-order valence-corrected chi connectivity index (χ0v) is 20.7. The van der Waals surface area contributed by atoms with Crippen LogP contribution in [0.5, 0.6) is 0 Å². The monoisotopic (exact) mass is 519 g/mol. The van der Waals surface area contributed by atoms with Crippen LogP contribution in [0.1, 0.15) is 49.9 Å². The summed E-state index contributed by atoms with van der Waals surface area (Å²) in [4.78, 5) is 11.5. The molecule has 2 fully saturated rings. The van der Waals surface area contributed by atoms with Crippen LogP contribution in [0.15, 0.2) is 22.5 Å². The summed E-state index contributed by atoms with van der Waals surface area (Å²) in [6, 6.07) is 4.98. The van der Waals surface area contributed by atoms with Crippen molar-refractivity contribution in [2.24, 2.45) is 10.9 Å². The maximum atomic E-state index is 4.97. The molecular weight excluding hydrogens is 481 g/mol. The molecular formula is C21H38IN5S. The van der Waals surface area contributed by atoms with Crippen molar-refractivity contribution in [3.05, 3.63) is 22.4 Å². The van der Waals surface area contributed by atoms with Gasteiger partial charge in [0.1, 0.15) is 0 Å². The molecule has 0 aromatic carbocycles. The first-order valence-electron chi connectivity index (χ1n) is 10.8. The first kappa shape index (κ1) is 23.9. The van der Waals surface area contributed by atoms with Crippen LogP contribution in [0.3, 0.4) is 0 Å². The molecule has 2 aliphatic rings. The summed E-state index contributed by atoms with van der Waals surface area (Å²) < 4.78 is 0. The Morgan fingerprint density at radius 2 is 2.00 bits per heavy atom. The SMILES string of the molecule is CCNC(=NCC1CCCN(C)C1c1cccs1)NCCN1CCCCC1.I. The van der Waals surface area contributed by atoms with Gasteiger partial charge in [-0.05, 0) is 76.7 Å². The molecule has 160 valence electrons. The molecule has 0 amide bonds. The number of likely N-dealkylation sites (tertiary alicyclic amines) is 2. The third-order valence-electron chi connectivity index (χ3n) is 5.84. The standard InChI is InChI=1S/C21H37N5S.HI/c1-3-22-21(23-11-15-26-13-5-4-6-14-26)24-17-18-9-7-12-25(2)20(18)19-10-8-16-27-19;/h8,10,16,18,20H,3-7,9,11-15,17H2,1-2H3,(H2,22,23,24);1H. The molecule has 2 N–H and O–H groups in total. The van der Waals surface area contributed by atoms with E-state index in [1.807, 2.05) is 11.3 Å². The number of aliphatic imine (C=N–C) groups is 1. The number of nitrogens with one attached hydrogen (secondary N) is 2. The number of hydrogen-bond donors (Lipinski definition) is 2. The molecule has 2 aliphatic heterocycles. The molecule has 3 rings (SSSR count). The smallest absolute Gasteiger partial charge is 0.191 e. The van der Waals surface area contributed by atoms with E-state index in [-0.39, 0.29) is 24.0 Å². The normalized spacial score (nSPS) is 24.6. The van der Waals surface area contributed by atoms with Crippen LogP contribution in [0.2, 0.25) is 0 Å². The Labute approximate surface area is 192 Å². The minimum absolute atomic E-state index is 0. The number of piperidine rings is 2. The summed E-state index contributed by atoms with van der Waals surface area (Å²) in [7, 11) is 2.27. The van der Waals surface area contributed by atoms with Crippen LogP contribution in [0.25, 0.3) is 0 Å². The average molecular weight is 520 g/mol. The van der Waals surface area contributed by atoms with E-state index in [1.165, 1.54) is 56.6 Å². The summed E-state index contributed by atoms with van der Waals surface area (Å²) in [5, 5.41) is 9.18. The van der Waals surface area contributed by atoms with Gasteiger partial charge in [0.2, 0.25) is 0 Å². The van der Waals surface area contributed by atoms with E-state index in [0.29, 0.717) is 12.0 Å². The lowest BCUT2D eigenvalue weighted by Crippen LogP contribution is -2.43. The summed E-state index contributed by atoms with van der Waals surface area (Å²) in [5.74, 6) is 1.58. The number of thiophene rings is 1. The lowest BCUT2D eigenvalue weighted by atomic mass is 9.88. The van der Waals surface area contributed by atoms with Crippen LogP contribution in [-0.4, -0.2) is 68.6 Å². The molecule has 0 radical (unpaired) electrons. The second-order valence-electron chi connectivity index (χ2n) is 7.89. The van der Waals surface area contributed by atoms with Crippen molar-refractivity contribution < 1.29 is 0 Å². The van der Waals surface area contributed by atoms with Crippen molar-refractivity contribution in [3.63, 3.8) is 0 Å². The van der Waals surface area contributed by atoms with Gasteiger partial charge in [-0.1, -0.05) is 12.5 Å². The Bertz CT molecular complexity index is 559. The lowest BCUT2D eigenvalue weighted by molar-refractivity contribution is 0.128. The highest BCUT2D eigenvalue weighted by Gasteiger charge is 2.31. The van der Waals surface area contributed by atoms with Crippen LogP contribution in [-0.2, 0) is 0 Å². The van der Waals surface area contributed by atoms with Gasteiger partial charge in [-0.3, -0.25) is 9.89 Å². The molecule has 2 unspecified atom stereocenters. The molecule has 0 spiro atoms. The fourth-order valence-corrected chi connectivity index (χ4v) is 5.41. The summed E-state index contributed by atoms with van der Waals surface area (Å²) in [5.41, 5.74) is 0. The number of hydrogen-bond acceptors (Lipinski definition) is 4. The van der Waals surface area contributed by atoms with Gasteiger partial charge in [0.05, 0.1) is 0 Å². The van der Waals surface area contributed by atoms with E-state index < -0.39 is 0 Å². The highest BCUT2D eigenvalue weighted by molar-refractivity contribution is 14.0. The zero-order valence-electron chi connectivity index (χ0n) is 17.5. The topological polar surface area (TPSA) is 42.9 Å².